The van der Waals surface area contributed by atoms with Gasteiger partial charge in [-0.1, -0.05) is 11.6 Å². The van der Waals surface area contributed by atoms with Crippen molar-refractivity contribution in [2.75, 3.05) is 11.9 Å². The topological polar surface area (TPSA) is 87.2 Å². The lowest BCUT2D eigenvalue weighted by molar-refractivity contribution is -0.142. The first-order valence-electron chi connectivity index (χ1n) is 8.37. The van der Waals surface area contributed by atoms with E-state index in [1.807, 2.05) is 0 Å². The number of imide groups is 1. The van der Waals surface area contributed by atoms with Crippen LogP contribution in [0.1, 0.15) is 34.1 Å². The third-order valence-corrected chi connectivity index (χ3v) is 4.43. The third kappa shape index (κ3) is 4.25. The Kier molecular flexibility index (Phi) is 5.73. The number of anilines is 1. The molecule has 1 saturated heterocycles. The van der Waals surface area contributed by atoms with Crippen LogP contribution in [0.5, 0.6) is 0 Å². The smallest absolute Gasteiger partial charge is 0.417 e. The van der Waals surface area contributed by atoms with Crippen molar-refractivity contribution < 1.29 is 33.0 Å². The number of benzene rings is 1. The number of hydrogen-bond donors (Lipinski definition) is 1. The van der Waals surface area contributed by atoms with Gasteiger partial charge < -0.3 is 14.7 Å². The zero-order chi connectivity index (χ0) is 21.6. The predicted molar refractivity (Wildman–Crippen MR) is 96.9 cm³/mol. The maximum atomic E-state index is 14.1. The molecule has 1 heterocycles. The van der Waals surface area contributed by atoms with Crippen molar-refractivity contribution in [1.29, 1.82) is 0 Å². The second-order valence-corrected chi connectivity index (χ2v) is 8.17. The SMILES string of the molecule is CN(C(=O)[C@@H]1C[C@](C)(O)C(=O)N1C(=O)OC(C)(C)C)c1cc(Cl)c(F)cc1F. The number of hydrogen-bond acceptors (Lipinski definition) is 5. The maximum absolute atomic E-state index is 14.1. The lowest BCUT2D eigenvalue weighted by Gasteiger charge is -2.29. The summed E-state index contributed by atoms with van der Waals surface area (Å²) in [5.41, 5.74) is -3.29. The van der Waals surface area contributed by atoms with Crippen molar-refractivity contribution in [3.63, 3.8) is 0 Å². The van der Waals surface area contributed by atoms with Crippen LogP contribution in [0.4, 0.5) is 19.3 Å². The van der Waals surface area contributed by atoms with Crippen LogP contribution in [0, 0.1) is 11.6 Å². The number of ether oxygens (including phenoxy) is 1. The summed E-state index contributed by atoms with van der Waals surface area (Å²) < 4.78 is 32.7. The van der Waals surface area contributed by atoms with Gasteiger partial charge in [0.05, 0.1) is 10.7 Å². The highest BCUT2D eigenvalue weighted by Crippen LogP contribution is 2.33. The molecule has 1 aliphatic rings. The fourth-order valence-electron chi connectivity index (χ4n) is 2.79. The molecule has 2 atom stereocenters. The highest BCUT2D eigenvalue weighted by molar-refractivity contribution is 6.31. The molecule has 0 aliphatic carbocycles. The maximum Gasteiger partial charge on any atom is 0.417 e. The molecule has 1 aromatic carbocycles. The standard InChI is InChI=1S/C18H21ClF2N2O5/c1-17(2,3)28-16(26)23-13(8-18(4,27)15(23)25)14(24)22(5)12-6-9(19)10(20)7-11(12)21/h6-7,13,27H,8H2,1-5H3/t13-,18-/m0/s1. The van der Waals surface area contributed by atoms with Crippen molar-refractivity contribution in [3.8, 4) is 0 Å². The monoisotopic (exact) mass is 418 g/mol. The molecule has 154 valence electrons. The molecule has 10 heteroatoms. The van der Waals surface area contributed by atoms with Gasteiger partial charge in [-0.05, 0) is 33.8 Å². The minimum atomic E-state index is -1.99. The quantitative estimate of drug-likeness (QED) is 0.746. The Bertz CT molecular complexity index is 838. The number of aliphatic hydroxyl groups is 1. The Morgan fingerprint density at radius 3 is 2.43 bits per heavy atom. The van der Waals surface area contributed by atoms with Gasteiger partial charge in [0, 0.05) is 19.5 Å². The summed E-state index contributed by atoms with van der Waals surface area (Å²) in [6.07, 6.45) is -1.52. The first-order chi connectivity index (χ1) is 12.7. The van der Waals surface area contributed by atoms with Crippen LogP contribution in [-0.2, 0) is 14.3 Å². The van der Waals surface area contributed by atoms with Gasteiger partial charge in [0.15, 0.2) is 0 Å². The van der Waals surface area contributed by atoms with Gasteiger partial charge in [-0.3, -0.25) is 9.59 Å². The number of carbonyl (C=O) groups is 3. The van der Waals surface area contributed by atoms with Crippen molar-refractivity contribution in [2.45, 2.75) is 51.4 Å². The van der Waals surface area contributed by atoms with Crippen LogP contribution in [-0.4, -0.2) is 52.2 Å². The summed E-state index contributed by atoms with van der Waals surface area (Å²) in [5.74, 6) is -3.94. The average molecular weight is 419 g/mol. The van der Waals surface area contributed by atoms with E-state index in [-0.39, 0.29) is 5.69 Å². The van der Waals surface area contributed by atoms with E-state index < -0.39 is 58.2 Å². The number of likely N-dealkylation sites (tertiary alicyclic amines) is 1. The summed E-state index contributed by atoms with van der Waals surface area (Å²) in [4.78, 5) is 39.2. The number of rotatable bonds is 2. The summed E-state index contributed by atoms with van der Waals surface area (Å²) in [5, 5.41) is 9.87. The van der Waals surface area contributed by atoms with E-state index >= 15 is 0 Å². The molecule has 2 rings (SSSR count). The highest BCUT2D eigenvalue weighted by Gasteiger charge is 2.54. The van der Waals surface area contributed by atoms with E-state index in [0.717, 1.165) is 17.9 Å². The molecule has 1 fully saturated rings. The molecular formula is C18H21ClF2N2O5. The second-order valence-electron chi connectivity index (χ2n) is 7.76. The van der Waals surface area contributed by atoms with E-state index in [1.165, 1.54) is 7.05 Å². The van der Waals surface area contributed by atoms with Crippen molar-refractivity contribution in [1.82, 2.24) is 4.90 Å². The first-order valence-corrected chi connectivity index (χ1v) is 8.74. The van der Waals surface area contributed by atoms with Gasteiger partial charge in [0.25, 0.3) is 5.91 Å². The van der Waals surface area contributed by atoms with Crippen LogP contribution in [0.3, 0.4) is 0 Å². The van der Waals surface area contributed by atoms with Crippen molar-refractivity contribution in [3.05, 3.63) is 28.8 Å². The van der Waals surface area contributed by atoms with Gasteiger partial charge in [0.1, 0.15) is 28.9 Å². The zero-order valence-corrected chi connectivity index (χ0v) is 16.8. The lowest BCUT2D eigenvalue weighted by Crippen LogP contribution is -2.50. The fraction of sp³-hybridized carbons (Fsp3) is 0.500. The zero-order valence-electron chi connectivity index (χ0n) is 16.0. The van der Waals surface area contributed by atoms with Crippen molar-refractivity contribution in [2.24, 2.45) is 0 Å². The Hall–Kier alpha value is -2.26. The van der Waals surface area contributed by atoms with E-state index in [4.69, 9.17) is 16.3 Å². The Balaban J connectivity index is 2.39. The average Bonchev–Trinajstić information content (AvgIpc) is 2.78. The Morgan fingerprint density at radius 1 is 1.32 bits per heavy atom. The first kappa shape index (κ1) is 22.0. The normalized spacial score (nSPS) is 22.4. The van der Waals surface area contributed by atoms with Gasteiger partial charge in [-0.2, -0.15) is 0 Å². The lowest BCUT2D eigenvalue weighted by atomic mass is 10.0. The molecule has 0 unspecified atom stereocenters. The van der Waals surface area contributed by atoms with E-state index in [9.17, 15) is 28.3 Å². The Labute approximate surface area is 165 Å². The number of likely N-dealkylation sites (N-methyl/N-ethyl adjacent to an activating group) is 1. The second kappa shape index (κ2) is 7.29. The third-order valence-electron chi connectivity index (χ3n) is 4.14. The number of halogens is 3. The fourth-order valence-corrected chi connectivity index (χ4v) is 2.94. The molecule has 3 amide bonds. The molecule has 1 aromatic rings. The molecule has 0 radical (unpaired) electrons. The highest BCUT2D eigenvalue weighted by atomic mass is 35.5. The van der Waals surface area contributed by atoms with E-state index in [2.05, 4.69) is 0 Å². The van der Waals surface area contributed by atoms with E-state index in [1.54, 1.807) is 20.8 Å². The van der Waals surface area contributed by atoms with E-state index in [0.29, 0.717) is 11.0 Å². The Morgan fingerprint density at radius 2 is 1.89 bits per heavy atom. The van der Waals surface area contributed by atoms with Crippen LogP contribution < -0.4 is 4.90 Å². The van der Waals surface area contributed by atoms with Crippen LogP contribution in [0.15, 0.2) is 12.1 Å². The van der Waals surface area contributed by atoms with Gasteiger partial charge in [-0.15, -0.1) is 0 Å². The van der Waals surface area contributed by atoms with Crippen LogP contribution in [0.25, 0.3) is 0 Å². The van der Waals surface area contributed by atoms with Gasteiger partial charge >= 0.3 is 6.09 Å². The van der Waals surface area contributed by atoms with Crippen molar-refractivity contribution >= 4 is 35.2 Å². The number of amides is 3. The summed E-state index contributed by atoms with van der Waals surface area (Å²) in [6, 6.07) is -0.00883. The molecule has 0 bridgehead atoms. The summed E-state index contributed by atoms with van der Waals surface area (Å²) in [7, 11) is 1.18. The molecule has 7 nitrogen and oxygen atoms in total. The number of carbonyl (C=O) groups excluding carboxylic acids is 3. The summed E-state index contributed by atoms with van der Waals surface area (Å²) in [6.45, 7) is 5.88. The largest absolute Gasteiger partial charge is 0.443 e. The molecule has 28 heavy (non-hydrogen) atoms. The minimum absolute atomic E-state index is 0.348. The molecule has 0 saturated carbocycles. The van der Waals surface area contributed by atoms with Crippen LogP contribution >= 0.6 is 11.6 Å². The summed E-state index contributed by atoms with van der Waals surface area (Å²) >= 11 is 5.66. The number of nitrogens with zero attached hydrogens (tertiary/aromatic N) is 2. The molecule has 1 aliphatic heterocycles. The van der Waals surface area contributed by atoms with Gasteiger partial charge in [0.2, 0.25) is 5.91 Å². The molecule has 0 spiro atoms. The van der Waals surface area contributed by atoms with Gasteiger partial charge in [-0.25, -0.2) is 18.5 Å². The predicted octanol–water partition coefficient (Wildman–Crippen LogP) is 2.87. The van der Waals surface area contributed by atoms with Crippen LogP contribution in [0.2, 0.25) is 5.02 Å². The molecule has 1 N–H and O–H groups in total. The molecular weight excluding hydrogens is 398 g/mol. The minimum Gasteiger partial charge on any atom is -0.443 e. The molecule has 0 aromatic heterocycles.